The highest BCUT2D eigenvalue weighted by atomic mass is 32.2. The van der Waals surface area contributed by atoms with Crippen molar-refractivity contribution in [3.63, 3.8) is 0 Å². The van der Waals surface area contributed by atoms with Gasteiger partial charge in [0.15, 0.2) is 0 Å². The Hall–Kier alpha value is -0.520. The molecule has 2 atom stereocenters. The predicted octanol–water partition coefficient (Wildman–Crippen LogP) is 3.30. The molecular formula is C14H21NO2S2. The Morgan fingerprint density at radius 3 is 3.16 bits per heavy atom. The fourth-order valence-corrected chi connectivity index (χ4v) is 4.99. The Labute approximate surface area is 123 Å². The molecule has 0 bridgehead atoms. The quantitative estimate of drug-likeness (QED) is 0.847. The number of nitrogens with one attached hydrogen (secondary N) is 1. The van der Waals surface area contributed by atoms with Gasteiger partial charge >= 0.3 is 5.97 Å². The van der Waals surface area contributed by atoms with Crippen LogP contribution in [0.3, 0.4) is 0 Å². The maximum absolute atomic E-state index is 12.2. The van der Waals surface area contributed by atoms with E-state index in [2.05, 4.69) is 22.8 Å². The van der Waals surface area contributed by atoms with Crippen molar-refractivity contribution in [3.8, 4) is 0 Å². The van der Waals surface area contributed by atoms with E-state index in [1.807, 2.05) is 25.7 Å². The van der Waals surface area contributed by atoms with Gasteiger partial charge in [-0.05, 0) is 51.1 Å². The van der Waals surface area contributed by atoms with Gasteiger partial charge in [0.05, 0.1) is 10.8 Å². The lowest BCUT2D eigenvalue weighted by Gasteiger charge is -2.38. The van der Waals surface area contributed by atoms with E-state index in [-0.39, 0.29) is 5.97 Å². The van der Waals surface area contributed by atoms with Crippen molar-refractivity contribution in [3.05, 3.63) is 17.5 Å². The van der Waals surface area contributed by atoms with Crippen molar-refractivity contribution >= 4 is 29.1 Å². The number of hydrogen-bond donors (Lipinski definition) is 1. The summed E-state index contributed by atoms with van der Waals surface area (Å²) in [7, 11) is 1.87. The van der Waals surface area contributed by atoms with Gasteiger partial charge in [-0.1, -0.05) is 6.07 Å². The maximum atomic E-state index is 12.2. The van der Waals surface area contributed by atoms with Crippen molar-refractivity contribution < 1.29 is 9.53 Å². The van der Waals surface area contributed by atoms with Gasteiger partial charge in [-0.25, -0.2) is 0 Å². The van der Waals surface area contributed by atoms with Crippen LogP contribution in [0.4, 0.5) is 0 Å². The fraction of sp³-hybridized carbons (Fsp3) is 0.643. The first-order valence-electron chi connectivity index (χ1n) is 6.76. The molecule has 0 spiro atoms. The molecule has 1 heterocycles. The van der Waals surface area contributed by atoms with Gasteiger partial charge in [0, 0.05) is 5.25 Å². The second-order valence-corrected chi connectivity index (χ2v) is 7.37. The zero-order chi connectivity index (χ0) is 13.7. The fourth-order valence-electron chi connectivity index (χ4n) is 2.60. The monoisotopic (exact) mass is 299 g/mol. The highest BCUT2D eigenvalue weighted by Crippen LogP contribution is 2.40. The van der Waals surface area contributed by atoms with Crippen LogP contribution in [0.2, 0.25) is 0 Å². The lowest BCUT2D eigenvalue weighted by molar-refractivity contribution is -0.152. The van der Waals surface area contributed by atoms with Gasteiger partial charge in [-0.15, -0.1) is 23.1 Å². The van der Waals surface area contributed by atoms with E-state index in [0.717, 1.165) is 19.3 Å². The average molecular weight is 299 g/mol. The highest BCUT2D eigenvalue weighted by Gasteiger charge is 2.43. The van der Waals surface area contributed by atoms with Crippen LogP contribution >= 0.6 is 23.1 Å². The molecule has 1 aliphatic rings. The highest BCUT2D eigenvalue weighted by molar-refractivity contribution is 8.01. The van der Waals surface area contributed by atoms with Crippen molar-refractivity contribution in [2.75, 3.05) is 13.7 Å². The van der Waals surface area contributed by atoms with Crippen LogP contribution in [0.5, 0.6) is 0 Å². The number of likely N-dealkylation sites (N-methyl/N-ethyl adjacent to an activating group) is 1. The van der Waals surface area contributed by atoms with Crippen LogP contribution in [0, 0.1) is 0 Å². The summed E-state index contributed by atoms with van der Waals surface area (Å²) in [4.78, 5) is 12.2. The van der Waals surface area contributed by atoms with Gasteiger partial charge in [-0.2, -0.15) is 0 Å². The molecular weight excluding hydrogens is 278 g/mol. The Morgan fingerprint density at radius 1 is 1.68 bits per heavy atom. The molecule has 1 aliphatic carbocycles. The minimum atomic E-state index is -0.483. The lowest BCUT2D eigenvalue weighted by atomic mass is 9.81. The molecule has 3 nitrogen and oxygen atoms in total. The molecule has 19 heavy (non-hydrogen) atoms. The average Bonchev–Trinajstić information content (AvgIpc) is 2.92. The topological polar surface area (TPSA) is 38.3 Å². The van der Waals surface area contributed by atoms with E-state index < -0.39 is 5.54 Å². The molecule has 1 N–H and O–H groups in total. The zero-order valence-corrected chi connectivity index (χ0v) is 13.1. The maximum Gasteiger partial charge on any atom is 0.326 e. The number of ether oxygens (including phenoxy) is 1. The van der Waals surface area contributed by atoms with Gasteiger partial charge in [-0.3, -0.25) is 4.79 Å². The van der Waals surface area contributed by atoms with Crippen LogP contribution in [-0.2, 0) is 9.53 Å². The number of esters is 1. The van der Waals surface area contributed by atoms with Crippen LogP contribution in [0.15, 0.2) is 21.7 Å². The summed E-state index contributed by atoms with van der Waals surface area (Å²) in [6.45, 7) is 2.31. The molecule has 0 amide bonds. The van der Waals surface area contributed by atoms with Crippen molar-refractivity contribution in [1.82, 2.24) is 5.32 Å². The summed E-state index contributed by atoms with van der Waals surface area (Å²) < 4.78 is 6.59. The van der Waals surface area contributed by atoms with Crippen LogP contribution in [0.25, 0.3) is 0 Å². The van der Waals surface area contributed by atoms with Crippen molar-refractivity contribution in [2.24, 2.45) is 0 Å². The second-order valence-electron chi connectivity index (χ2n) is 4.82. The second kappa shape index (κ2) is 6.77. The summed E-state index contributed by atoms with van der Waals surface area (Å²) in [6, 6.07) is 4.22. The third kappa shape index (κ3) is 3.52. The first kappa shape index (κ1) is 14.9. The van der Waals surface area contributed by atoms with Crippen LogP contribution < -0.4 is 5.32 Å². The molecule has 1 saturated carbocycles. The van der Waals surface area contributed by atoms with Crippen molar-refractivity contribution in [1.29, 1.82) is 0 Å². The Morgan fingerprint density at radius 2 is 2.53 bits per heavy atom. The van der Waals surface area contributed by atoms with Crippen molar-refractivity contribution in [2.45, 2.75) is 47.6 Å². The van der Waals surface area contributed by atoms with Gasteiger partial charge in [0.25, 0.3) is 0 Å². The molecule has 0 saturated heterocycles. The van der Waals surface area contributed by atoms with E-state index in [0.29, 0.717) is 11.9 Å². The lowest BCUT2D eigenvalue weighted by Crippen LogP contribution is -2.54. The molecule has 0 aliphatic heterocycles. The third-order valence-corrected chi connectivity index (χ3v) is 5.97. The molecule has 1 fully saturated rings. The molecule has 2 rings (SSSR count). The number of carbonyl (C=O) groups excluding carboxylic acids is 1. The summed E-state index contributed by atoms with van der Waals surface area (Å²) in [5.41, 5.74) is -0.483. The summed E-state index contributed by atoms with van der Waals surface area (Å²) >= 11 is 3.66. The zero-order valence-electron chi connectivity index (χ0n) is 11.5. The smallest absolute Gasteiger partial charge is 0.326 e. The number of rotatable bonds is 5. The summed E-state index contributed by atoms with van der Waals surface area (Å²) in [5.74, 6) is -0.0889. The minimum absolute atomic E-state index is 0.0889. The van der Waals surface area contributed by atoms with E-state index in [4.69, 9.17) is 4.74 Å². The molecule has 2 unspecified atom stereocenters. The van der Waals surface area contributed by atoms with Crippen LogP contribution in [0.1, 0.15) is 32.6 Å². The Kier molecular flexibility index (Phi) is 5.30. The minimum Gasteiger partial charge on any atom is -0.465 e. The van der Waals surface area contributed by atoms with Crippen LogP contribution in [-0.4, -0.2) is 30.4 Å². The third-order valence-electron chi connectivity index (χ3n) is 3.63. The number of carbonyl (C=O) groups is 1. The number of thiophene rings is 1. The van der Waals surface area contributed by atoms with Gasteiger partial charge < -0.3 is 10.1 Å². The molecule has 106 valence electrons. The first-order valence-corrected chi connectivity index (χ1v) is 8.52. The van der Waals surface area contributed by atoms with Gasteiger partial charge in [0.2, 0.25) is 0 Å². The SMILES string of the molecule is CCOC(=O)C1(NC)CCCC(Sc2cccs2)C1. The molecule has 1 aromatic heterocycles. The Bertz CT molecular complexity index is 408. The van der Waals surface area contributed by atoms with Gasteiger partial charge in [0.1, 0.15) is 5.54 Å². The first-order chi connectivity index (χ1) is 9.20. The number of hydrogen-bond acceptors (Lipinski definition) is 5. The molecule has 5 heteroatoms. The molecule has 0 radical (unpaired) electrons. The normalized spacial score (nSPS) is 27.2. The van der Waals surface area contributed by atoms with E-state index in [9.17, 15) is 4.79 Å². The van der Waals surface area contributed by atoms with E-state index >= 15 is 0 Å². The standard InChI is InChI=1S/C14H21NO2S2/c1-3-17-13(16)14(15-2)8-4-6-11(10-14)19-12-7-5-9-18-12/h5,7,9,11,15H,3-4,6,8,10H2,1-2H3. The van der Waals surface area contributed by atoms with E-state index in [1.54, 1.807) is 11.3 Å². The van der Waals surface area contributed by atoms with E-state index in [1.165, 1.54) is 10.6 Å². The summed E-state index contributed by atoms with van der Waals surface area (Å²) in [6.07, 6.45) is 3.98. The molecule has 0 aromatic carbocycles. The number of thioether (sulfide) groups is 1. The largest absolute Gasteiger partial charge is 0.465 e. The Balaban J connectivity index is 2.03. The molecule has 1 aromatic rings. The predicted molar refractivity (Wildman–Crippen MR) is 80.9 cm³/mol. The summed E-state index contributed by atoms with van der Waals surface area (Å²) in [5, 5.41) is 5.82.